The summed E-state index contributed by atoms with van der Waals surface area (Å²) in [4.78, 5) is 12.2. The quantitative estimate of drug-likeness (QED) is 0.590. The fourth-order valence-corrected chi connectivity index (χ4v) is 1.93. The predicted molar refractivity (Wildman–Crippen MR) is 82.6 cm³/mol. The maximum absolute atomic E-state index is 12.2. The molecule has 0 aliphatic rings. The zero-order chi connectivity index (χ0) is 14.7. The number of hydrogen-bond donors (Lipinski definition) is 3. The van der Waals surface area contributed by atoms with Crippen molar-refractivity contribution in [2.24, 2.45) is 0 Å². The summed E-state index contributed by atoms with van der Waals surface area (Å²) in [7, 11) is 0. The predicted octanol–water partition coefficient (Wildman–Crippen LogP) is 3.14. The highest BCUT2D eigenvalue weighted by Crippen LogP contribution is 2.20. The van der Waals surface area contributed by atoms with Crippen LogP contribution in [-0.4, -0.2) is 12.1 Å². The molecule has 0 spiro atoms. The van der Waals surface area contributed by atoms with Gasteiger partial charge in [0.1, 0.15) is 0 Å². The van der Waals surface area contributed by atoms with E-state index < -0.39 is 0 Å². The van der Waals surface area contributed by atoms with Crippen molar-refractivity contribution in [2.45, 2.75) is 13.8 Å². The first kappa shape index (κ1) is 13.8. The number of amides is 1. The summed E-state index contributed by atoms with van der Waals surface area (Å²) < 4.78 is 0. The van der Waals surface area contributed by atoms with Crippen LogP contribution in [0.4, 0.5) is 11.4 Å². The lowest BCUT2D eigenvalue weighted by molar-refractivity contribution is 0.102. The number of nitrogen functional groups attached to an aromatic ring is 1. The van der Waals surface area contributed by atoms with Gasteiger partial charge in [0.2, 0.25) is 0 Å². The van der Waals surface area contributed by atoms with Crippen LogP contribution in [0.5, 0.6) is 0 Å². The second-order valence-electron chi connectivity index (χ2n) is 4.76. The minimum Gasteiger partial charge on any atom is -0.397 e. The molecule has 0 unspecified atom stereocenters. The van der Waals surface area contributed by atoms with Crippen LogP contribution in [-0.2, 0) is 0 Å². The van der Waals surface area contributed by atoms with Crippen molar-refractivity contribution >= 4 is 23.5 Å². The van der Waals surface area contributed by atoms with E-state index in [1.165, 1.54) is 6.21 Å². The van der Waals surface area contributed by atoms with Crippen LogP contribution in [0.3, 0.4) is 0 Å². The molecule has 0 saturated heterocycles. The zero-order valence-electron chi connectivity index (χ0n) is 11.5. The fourth-order valence-electron chi connectivity index (χ4n) is 1.93. The van der Waals surface area contributed by atoms with E-state index in [0.29, 0.717) is 16.9 Å². The molecule has 0 aromatic heterocycles. The molecular weight excluding hydrogens is 250 g/mol. The average Bonchev–Trinajstić information content (AvgIpc) is 2.42. The van der Waals surface area contributed by atoms with E-state index in [-0.39, 0.29) is 5.91 Å². The topological polar surface area (TPSA) is 79.0 Å². The molecule has 4 heteroatoms. The van der Waals surface area contributed by atoms with Crippen molar-refractivity contribution in [1.82, 2.24) is 0 Å². The van der Waals surface area contributed by atoms with Gasteiger partial charge in [-0.3, -0.25) is 4.79 Å². The Morgan fingerprint density at radius 3 is 2.60 bits per heavy atom. The Labute approximate surface area is 118 Å². The largest absolute Gasteiger partial charge is 0.397 e. The summed E-state index contributed by atoms with van der Waals surface area (Å²) in [6.07, 6.45) is 1.24. The summed E-state index contributed by atoms with van der Waals surface area (Å²) >= 11 is 0. The number of rotatable bonds is 3. The Morgan fingerprint density at radius 2 is 1.95 bits per heavy atom. The number of aryl methyl sites for hydroxylation is 2. The Kier molecular flexibility index (Phi) is 3.84. The minimum atomic E-state index is -0.233. The molecule has 0 aliphatic carbocycles. The number of anilines is 2. The van der Waals surface area contributed by atoms with Gasteiger partial charge in [0.25, 0.3) is 5.91 Å². The summed E-state index contributed by atoms with van der Waals surface area (Å²) in [5.41, 5.74) is 10.3. The molecule has 2 aromatic rings. The van der Waals surface area contributed by atoms with Crippen molar-refractivity contribution in [3.05, 3.63) is 58.7 Å². The number of carbonyl (C=O) groups is 1. The van der Waals surface area contributed by atoms with Gasteiger partial charge in [-0.05, 0) is 54.8 Å². The molecule has 0 saturated carbocycles. The lowest BCUT2D eigenvalue weighted by Gasteiger charge is -2.10. The van der Waals surface area contributed by atoms with Crippen LogP contribution < -0.4 is 11.1 Å². The first-order valence-corrected chi connectivity index (χ1v) is 6.30. The van der Waals surface area contributed by atoms with Crippen LogP contribution >= 0.6 is 0 Å². The van der Waals surface area contributed by atoms with Gasteiger partial charge in [-0.1, -0.05) is 12.1 Å². The van der Waals surface area contributed by atoms with Gasteiger partial charge < -0.3 is 16.5 Å². The molecule has 4 nitrogen and oxygen atoms in total. The van der Waals surface area contributed by atoms with E-state index in [2.05, 4.69) is 5.32 Å². The Morgan fingerprint density at radius 1 is 1.20 bits per heavy atom. The maximum Gasteiger partial charge on any atom is 0.255 e. The highest BCUT2D eigenvalue weighted by atomic mass is 16.1. The normalized spacial score (nSPS) is 10.1. The smallest absolute Gasteiger partial charge is 0.255 e. The molecule has 0 fully saturated rings. The zero-order valence-corrected chi connectivity index (χ0v) is 11.5. The van der Waals surface area contributed by atoms with Gasteiger partial charge >= 0.3 is 0 Å². The number of carbonyl (C=O) groups excluding carboxylic acids is 1. The summed E-state index contributed by atoms with van der Waals surface area (Å²) in [5.74, 6) is -0.233. The number of hydrogen-bond acceptors (Lipinski definition) is 3. The fraction of sp³-hybridized carbons (Fsp3) is 0.125. The van der Waals surface area contributed by atoms with Crippen LogP contribution in [0.25, 0.3) is 0 Å². The molecule has 20 heavy (non-hydrogen) atoms. The molecule has 1 amide bonds. The van der Waals surface area contributed by atoms with Crippen LogP contribution in [0, 0.1) is 19.3 Å². The summed E-state index contributed by atoms with van der Waals surface area (Å²) in [5, 5.41) is 10.1. The van der Waals surface area contributed by atoms with Gasteiger partial charge in [-0.2, -0.15) is 0 Å². The highest BCUT2D eigenvalue weighted by Gasteiger charge is 2.09. The van der Waals surface area contributed by atoms with Crippen molar-refractivity contribution in [3.63, 3.8) is 0 Å². The Bertz CT molecular complexity index is 677. The minimum absolute atomic E-state index is 0.233. The molecule has 2 aromatic carbocycles. The van der Waals surface area contributed by atoms with E-state index in [1.807, 2.05) is 32.0 Å². The lowest BCUT2D eigenvalue weighted by atomic mass is 10.1. The maximum atomic E-state index is 12.2. The van der Waals surface area contributed by atoms with E-state index in [9.17, 15) is 4.79 Å². The van der Waals surface area contributed by atoms with Crippen molar-refractivity contribution in [1.29, 1.82) is 5.41 Å². The van der Waals surface area contributed by atoms with Crippen LogP contribution in [0.1, 0.15) is 27.0 Å². The van der Waals surface area contributed by atoms with E-state index in [1.54, 1.807) is 18.2 Å². The monoisotopic (exact) mass is 267 g/mol. The van der Waals surface area contributed by atoms with E-state index in [0.717, 1.165) is 16.7 Å². The molecule has 4 N–H and O–H groups in total. The molecule has 0 atom stereocenters. The van der Waals surface area contributed by atoms with Crippen molar-refractivity contribution in [3.8, 4) is 0 Å². The highest BCUT2D eigenvalue weighted by molar-refractivity contribution is 6.06. The van der Waals surface area contributed by atoms with Crippen LogP contribution in [0.2, 0.25) is 0 Å². The number of nitrogens with two attached hydrogens (primary N) is 1. The van der Waals surface area contributed by atoms with E-state index in [4.69, 9.17) is 11.1 Å². The van der Waals surface area contributed by atoms with Gasteiger partial charge in [0.15, 0.2) is 0 Å². The van der Waals surface area contributed by atoms with Crippen molar-refractivity contribution in [2.75, 3.05) is 11.1 Å². The number of nitrogens with one attached hydrogen (secondary N) is 2. The molecule has 0 radical (unpaired) electrons. The molecular formula is C16H17N3O. The second kappa shape index (κ2) is 5.57. The standard InChI is InChI=1S/C16H17N3O/c1-10-3-6-15(14(18)7-10)19-16(20)12-5-4-11(2)13(8-12)9-17/h3-9,17H,18H2,1-2H3,(H,19,20). The third-order valence-corrected chi connectivity index (χ3v) is 3.15. The average molecular weight is 267 g/mol. The van der Waals surface area contributed by atoms with Gasteiger partial charge in [-0.25, -0.2) is 0 Å². The Balaban J connectivity index is 2.26. The Hall–Kier alpha value is -2.62. The second-order valence-corrected chi connectivity index (χ2v) is 4.76. The molecule has 2 rings (SSSR count). The molecule has 0 aliphatic heterocycles. The first-order valence-electron chi connectivity index (χ1n) is 6.30. The summed E-state index contributed by atoms with van der Waals surface area (Å²) in [6, 6.07) is 10.8. The third kappa shape index (κ3) is 2.85. The van der Waals surface area contributed by atoms with E-state index >= 15 is 0 Å². The molecule has 0 bridgehead atoms. The number of benzene rings is 2. The SMILES string of the molecule is Cc1ccc(NC(=O)c2ccc(C)c(C=N)c2)c(N)c1. The first-order chi connectivity index (χ1) is 9.51. The molecule has 0 heterocycles. The van der Waals surface area contributed by atoms with Gasteiger partial charge in [0.05, 0.1) is 11.4 Å². The lowest BCUT2D eigenvalue weighted by Crippen LogP contribution is -2.13. The van der Waals surface area contributed by atoms with Gasteiger partial charge in [-0.15, -0.1) is 0 Å². The molecule has 102 valence electrons. The summed E-state index contributed by atoms with van der Waals surface area (Å²) in [6.45, 7) is 3.85. The van der Waals surface area contributed by atoms with Crippen molar-refractivity contribution < 1.29 is 4.79 Å². The third-order valence-electron chi connectivity index (χ3n) is 3.15. The van der Waals surface area contributed by atoms with Gasteiger partial charge in [0, 0.05) is 11.8 Å². The van der Waals surface area contributed by atoms with Crippen LogP contribution in [0.15, 0.2) is 36.4 Å².